The van der Waals surface area contributed by atoms with E-state index in [0.29, 0.717) is 9.35 Å². The predicted molar refractivity (Wildman–Crippen MR) is 66.3 cm³/mol. The first kappa shape index (κ1) is 12.2. The summed E-state index contributed by atoms with van der Waals surface area (Å²) < 4.78 is 26.8. The normalized spacial score (nSPS) is 10.3. The Bertz CT molecular complexity index is 570. The summed E-state index contributed by atoms with van der Waals surface area (Å²) in [6.45, 7) is 0. The highest BCUT2D eigenvalue weighted by Crippen LogP contribution is 2.24. The van der Waals surface area contributed by atoms with Crippen molar-refractivity contribution in [3.05, 3.63) is 50.6 Å². The van der Waals surface area contributed by atoms with Crippen molar-refractivity contribution >= 4 is 38.9 Å². The van der Waals surface area contributed by atoms with Gasteiger partial charge >= 0.3 is 0 Å². The summed E-state index contributed by atoms with van der Waals surface area (Å²) in [6, 6.07) is 5.34. The first-order valence-electron chi connectivity index (χ1n) is 4.58. The molecule has 0 aliphatic rings. The van der Waals surface area contributed by atoms with Crippen LogP contribution in [0.1, 0.15) is 9.67 Å². The molecular weight excluding hydrogens is 312 g/mol. The third-order valence-electron chi connectivity index (χ3n) is 2.02. The van der Waals surface area contributed by atoms with Gasteiger partial charge in [0.15, 0.2) is 11.6 Å². The van der Waals surface area contributed by atoms with Crippen molar-refractivity contribution in [2.24, 2.45) is 0 Å². The average molecular weight is 318 g/mol. The lowest BCUT2D eigenvalue weighted by Gasteiger charge is -2.05. The van der Waals surface area contributed by atoms with Gasteiger partial charge in [-0.25, -0.2) is 8.78 Å². The molecule has 6 heteroatoms. The molecule has 88 valence electrons. The topological polar surface area (TPSA) is 29.1 Å². The number of thiophene rings is 1. The van der Waals surface area contributed by atoms with Crippen molar-refractivity contribution in [2.45, 2.75) is 0 Å². The van der Waals surface area contributed by atoms with Gasteiger partial charge in [-0.05, 0) is 39.5 Å². The number of halogens is 3. The molecule has 0 fully saturated rings. The van der Waals surface area contributed by atoms with E-state index in [1.165, 1.54) is 23.5 Å². The molecule has 0 radical (unpaired) electrons. The van der Waals surface area contributed by atoms with Crippen LogP contribution in [-0.4, -0.2) is 5.91 Å². The number of carbonyl (C=O) groups is 1. The number of hydrogen-bond acceptors (Lipinski definition) is 2. The van der Waals surface area contributed by atoms with Gasteiger partial charge in [0.1, 0.15) is 4.88 Å². The van der Waals surface area contributed by atoms with Crippen LogP contribution < -0.4 is 5.32 Å². The average Bonchev–Trinajstić information content (AvgIpc) is 2.71. The fourth-order valence-electron chi connectivity index (χ4n) is 1.24. The first-order chi connectivity index (χ1) is 8.09. The zero-order chi connectivity index (χ0) is 12.4. The number of hydrogen-bond donors (Lipinski definition) is 1. The smallest absolute Gasteiger partial charge is 0.266 e. The molecule has 17 heavy (non-hydrogen) atoms. The minimum Gasteiger partial charge on any atom is -0.319 e. The van der Waals surface area contributed by atoms with E-state index < -0.39 is 17.5 Å². The number of carbonyl (C=O) groups excluding carboxylic acids is 1. The van der Waals surface area contributed by atoms with Crippen LogP contribution in [-0.2, 0) is 0 Å². The van der Waals surface area contributed by atoms with Crippen molar-refractivity contribution < 1.29 is 13.6 Å². The quantitative estimate of drug-likeness (QED) is 0.889. The Hall–Kier alpha value is -1.27. The lowest BCUT2D eigenvalue weighted by atomic mass is 10.3. The van der Waals surface area contributed by atoms with E-state index in [9.17, 15) is 13.6 Å². The molecule has 1 aromatic heterocycles. The highest BCUT2D eigenvalue weighted by molar-refractivity contribution is 9.10. The van der Waals surface area contributed by atoms with Gasteiger partial charge in [-0.1, -0.05) is 6.07 Å². The van der Waals surface area contributed by atoms with Gasteiger partial charge in [0.2, 0.25) is 0 Å². The van der Waals surface area contributed by atoms with Gasteiger partial charge in [0, 0.05) is 4.47 Å². The second-order valence-electron chi connectivity index (χ2n) is 3.15. The van der Waals surface area contributed by atoms with E-state index in [1.54, 1.807) is 11.4 Å². The lowest BCUT2D eigenvalue weighted by Crippen LogP contribution is -2.12. The maximum Gasteiger partial charge on any atom is 0.266 e. The standard InChI is InChI=1S/C11H6BrF2NOS/c12-6-4-5-17-10(6)11(16)15-8-3-1-2-7(13)9(8)14/h1-5H,(H,15,16). The molecule has 0 unspecified atom stereocenters. The highest BCUT2D eigenvalue weighted by atomic mass is 79.9. The molecule has 1 N–H and O–H groups in total. The Labute approximate surface area is 108 Å². The molecule has 1 amide bonds. The largest absolute Gasteiger partial charge is 0.319 e. The Morgan fingerprint density at radius 1 is 1.29 bits per heavy atom. The summed E-state index contributed by atoms with van der Waals surface area (Å²) in [5.41, 5.74) is -0.171. The molecular formula is C11H6BrF2NOS. The number of rotatable bonds is 2. The van der Waals surface area contributed by atoms with Gasteiger partial charge in [-0.15, -0.1) is 11.3 Å². The second kappa shape index (κ2) is 4.93. The van der Waals surface area contributed by atoms with Crippen molar-refractivity contribution in [1.29, 1.82) is 0 Å². The molecule has 0 saturated carbocycles. The Kier molecular flexibility index (Phi) is 3.54. The molecule has 0 saturated heterocycles. The van der Waals surface area contributed by atoms with Gasteiger partial charge in [-0.3, -0.25) is 4.79 Å². The molecule has 0 atom stereocenters. The molecule has 2 nitrogen and oxygen atoms in total. The van der Waals surface area contributed by atoms with Crippen molar-refractivity contribution in [3.8, 4) is 0 Å². The number of anilines is 1. The summed E-state index contributed by atoms with van der Waals surface area (Å²) in [5, 5.41) is 4.04. The molecule has 1 aromatic carbocycles. The molecule has 0 bridgehead atoms. The van der Waals surface area contributed by atoms with Crippen LogP contribution in [0.15, 0.2) is 34.1 Å². The monoisotopic (exact) mass is 317 g/mol. The van der Waals surface area contributed by atoms with Crippen LogP contribution in [0.2, 0.25) is 0 Å². The van der Waals surface area contributed by atoms with E-state index in [0.717, 1.165) is 6.07 Å². The van der Waals surface area contributed by atoms with Crippen LogP contribution in [0.3, 0.4) is 0 Å². The highest BCUT2D eigenvalue weighted by Gasteiger charge is 2.15. The third kappa shape index (κ3) is 2.53. The summed E-state index contributed by atoms with van der Waals surface area (Å²) >= 11 is 4.41. The van der Waals surface area contributed by atoms with Crippen LogP contribution >= 0.6 is 27.3 Å². The van der Waals surface area contributed by atoms with Gasteiger partial charge in [0.05, 0.1) is 5.69 Å². The Balaban J connectivity index is 2.25. The summed E-state index contributed by atoms with van der Waals surface area (Å²) in [6.07, 6.45) is 0. The van der Waals surface area contributed by atoms with Gasteiger partial charge in [0.25, 0.3) is 5.91 Å². The van der Waals surface area contributed by atoms with E-state index in [1.807, 2.05) is 0 Å². The number of amides is 1. The first-order valence-corrected chi connectivity index (χ1v) is 6.25. The van der Waals surface area contributed by atoms with Crippen LogP contribution in [0.4, 0.5) is 14.5 Å². The molecule has 0 spiro atoms. The van der Waals surface area contributed by atoms with Crippen molar-refractivity contribution in [1.82, 2.24) is 0 Å². The maximum atomic E-state index is 13.3. The molecule has 0 aliphatic carbocycles. The molecule has 2 rings (SSSR count). The molecule has 0 aliphatic heterocycles. The minimum atomic E-state index is -1.06. The minimum absolute atomic E-state index is 0.171. The summed E-state index contributed by atoms with van der Waals surface area (Å²) in [7, 11) is 0. The molecule has 1 heterocycles. The summed E-state index contributed by atoms with van der Waals surface area (Å²) in [4.78, 5) is 12.2. The number of benzene rings is 1. The lowest BCUT2D eigenvalue weighted by molar-refractivity contribution is 0.102. The van der Waals surface area contributed by atoms with Crippen LogP contribution in [0.5, 0.6) is 0 Å². The summed E-state index contributed by atoms with van der Waals surface area (Å²) in [5.74, 6) is -2.53. The van der Waals surface area contributed by atoms with Crippen LogP contribution in [0.25, 0.3) is 0 Å². The Morgan fingerprint density at radius 3 is 2.71 bits per heavy atom. The zero-order valence-corrected chi connectivity index (χ0v) is 10.7. The Morgan fingerprint density at radius 2 is 2.06 bits per heavy atom. The zero-order valence-electron chi connectivity index (χ0n) is 8.34. The third-order valence-corrected chi connectivity index (χ3v) is 3.86. The van der Waals surface area contributed by atoms with E-state index in [2.05, 4.69) is 21.2 Å². The second-order valence-corrected chi connectivity index (χ2v) is 4.92. The van der Waals surface area contributed by atoms with Gasteiger partial charge < -0.3 is 5.32 Å². The maximum absolute atomic E-state index is 13.3. The van der Waals surface area contributed by atoms with Gasteiger partial charge in [-0.2, -0.15) is 0 Å². The van der Waals surface area contributed by atoms with E-state index in [-0.39, 0.29) is 5.69 Å². The van der Waals surface area contributed by atoms with Crippen molar-refractivity contribution in [3.63, 3.8) is 0 Å². The van der Waals surface area contributed by atoms with Crippen LogP contribution in [0, 0.1) is 11.6 Å². The van der Waals surface area contributed by atoms with Crippen molar-refractivity contribution in [2.75, 3.05) is 5.32 Å². The molecule has 2 aromatic rings. The van der Waals surface area contributed by atoms with E-state index in [4.69, 9.17) is 0 Å². The fourth-order valence-corrected chi connectivity index (χ4v) is 2.68. The predicted octanol–water partition coefficient (Wildman–Crippen LogP) is 4.04. The SMILES string of the molecule is O=C(Nc1cccc(F)c1F)c1sccc1Br. The van der Waals surface area contributed by atoms with E-state index >= 15 is 0 Å². The number of nitrogens with one attached hydrogen (secondary N) is 1. The fraction of sp³-hybridized carbons (Fsp3) is 0.